The number of aromatic nitrogens is 1. The summed E-state index contributed by atoms with van der Waals surface area (Å²) < 4.78 is 11.3. The molecule has 2 aromatic carbocycles. The van der Waals surface area contributed by atoms with E-state index >= 15 is 0 Å². The number of ether oxygens (including phenoxy) is 1. The van der Waals surface area contributed by atoms with Gasteiger partial charge >= 0.3 is 0 Å². The molecule has 3 aromatic rings. The van der Waals surface area contributed by atoms with Crippen molar-refractivity contribution < 1.29 is 9.26 Å². The second kappa shape index (κ2) is 6.31. The third kappa shape index (κ3) is 3.10. The van der Waals surface area contributed by atoms with Gasteiger partial charge in [-0.15, -0.1) is 0 Å². The van der Waals surface area contributed by atoms with Gasteiger partial charge in [0, 0.05) is 11.8 Å². The molecule has 0 fully saturated rings. The van der Waals surface area contributed by atoms with Crippen LogP contribution in [0.3, 0.4) is 0 Å². The standard InChI is InChI=1S/C17H16BrNO2/c1-12-5-7-13(8-6-12)11-20-15-3-2-4-16-17(15)14(9-10-18)19-21-16/h2-8H,9-11H2,1H3. The second-order valence-electron chi connectivity index (χ2n) is 4.97. The quantitative estimate of drug-likeness (QED) is 0.631. The molecule has 0 amide bonds. The topological polar surface area (TPSA) is 35.3 Å². The monoisotopic (exact) mass is 345 g/mol. The molecule has 21 heavy (non-hydrogen) atoms. The van der Waals surface area contributed by atoms with Gasteiger partial charge in [-0.05, 0) is 24.6 Å². The summed E-state index contributed by atoms with van der Waals surface area (Å²) >= 11 is 3.44. The van der Waals surface area contributed by atoms with Crippen LogP contribution >= 0.6 is 15.9 Å². The van der Waals surface area contributed by atoms with Gasteiger partial charge in [0.15, 0.2) is 5.58 Å². The van der Waals surface area contributed by atoms with Gasteiger partial charge in [-0.1, -0.05) is 57.0 Å². The summed E-state index contributed by atoms with van der Waals surface area (Å²) in [5, 5.41) is 5.95. The molecule has 0 unspecified atom stereocenters. The van der Waals surface area contributed by atoms with Crippen molar-refractivity contribution in [3.8, 4) is 5.75 Å². The number of fused-ring (bicyclic) bond motifs is 1. The van der Waals surface area contributed by atoms with E-state index < -0.39 is 0 Å². The number of benzene rings is 2. The summed E-state index contributed by atoms with van der Waals surface area (Å²) in [6.45, 7) is 2.62. The summed E-state index contributed by atoms with van der Waals surface area (Å²) in [7, 11) is 0. The molecular formula is C17H16BrNO2. The van der Waals surface area contributed by atoms with Crippen LogP contribution in [-0.2, 0) is 13.0 Å². The van der Waals surface area contributed by atoms with Gasteiger partial charge in [0.2, 0.25) is 0 Å². The van der Waals surface area contributed by atoms with E-state index in [9.17, 15) is 0 Å². The van der Waals surface area contributed by atoms with Gasteiger partial charge in [0.1, 0.15) is 12.4 Å². The smallest absolute Gasteiger partial charge is 0.170 e. The molecule has 0 saturated heterocycles. The number of hydrogen-bond acceptors (Lipinski definition) is 3. The minimum atomic E-state index is 0.540. The summed E-state index contributed by atoms with van der Waals surface area (Å²) in [5.74, 6) is 0.824. The Balaban J connectivity index is 1.86. The first-order valence-electron chi connectivity index (χ1n) is 6.89. The molecule has 0 bridgehead atoms. The number of hydrogen-bond donors (Lipinski definition) is 0. The SMILES string of the molecule is Cc1ccc(COc2cccc3onc(CCBr)c23)cc1. The Morgan fingerprint density at radius 3 is 2.71 bits per heavy atom. The van der Waals surface area contributed by atoms with Crippen LogP contribution in [-0.4, -0.2) is 10.5 Å². The van der Waals surface area contributed by atoms with Gasteiger partial charge in [-0.2, -0.15) is 0 Å². The average molecular weight is 346 g/mol. The molecule has 4 heteroatoms. The van der Waals surface area contributed by atoms with E-state index in [0.717, 1.165) is 39.7 Å². The zero-order valence-electron chi connectivity index (χ0n) is 11.8. The van der Waals surface area contributed by atoms with Crippen molar-refractivity contribution in [3.63, 3.8) is 0 Å². The van der Waals surface area contributed by atoms with E-state index in [4.69, 9.17) is 9.26 Å². The van der Waals surface area contributed by atoms with Crippen LogP contribution in [0.25, 0.3) is 11.0 Å². The highest BCUT2D eigenvalue weighted by Gasteiger charge is 2.13. The molecule has 0 aliphatic carbocycles. The zero-order chi connectivity index (χ0) is 14.7. The first-order valence-corrected chi connectivity index (χ1v) is 8.01. The van der Waals surface area contributed by atoms with Gasteiger partial charge in [0.25, 0.3) is 0 Å². The number of halogens is 1. The Kier molecular flexibility index (Phi) is 4.25. The lowest BCUT2D eigenvalue weighted by Crippen LogP contribution is -1.97. The van der Waals surface area contributed by atoms with Crippen molar-refractivity contribution in [2.75, 3.05) is 5.33 Å². The third-order valence-electron chi connectivity index (χ3n) is 3.38. The van der Waals surface area contributed by atoms with E-state index in [0.29, 0.717) is 6.61 Å². The molecule has 108 valence electrons. The molecule has 0 aliphatic heterocycles. The predicted molar refractivity (Wildman–Crippen MR) is 87.0 cm³/mol. The maximum absolute atomic E-state index is 5.98. The summed E-state index contributed by atoms with van der Waals surface area (Å²) in [5.41, 5.74) is 4.10. The number of alkyl halides is 1. The largest absolute Gasteiger partial charge is 0.488 e. The Morgan fingerprint density at radius 1 is 1.14 bits per heavy atom. The molecule has 0 radical (unpaired) electrons. The van der Waals surface area contributed by atoms with Crippen LogP contribution in [0.1, 0.15) is 16.8 Å². The van der Waals surface area contributed by atoms with Crippen molar-refractivity contribution >= 4 is 26.9 Å². The maximum Gasteiger partial charge on any atom is 0.170 e. The van der Waals surface area contributed by atoms with Gasteiger partial charge in [0.05, 0.1) is 11.1 Å². The molecule has 0 atom stereocenters. The van der Waals surface area contributed by atoms with E-state index in [1.54, 1.807) is 0 Å². The van der Waals surface area contributed by atoms with Gasteiger partial charge in [-0.3, -0.25) is 0 Å². The third-order valence-corrected chi connectivity index (χ3v) is 3.77. The number of nitrogens with zero attached hydrogens (tertiary/aromatic N) is 1. The minimum absolute atomic E-state index is 0.540. The fourth-order valence-electron chi connectivity index (χ4n) is 2.25. The molecule has 1 heterocycles. The van der Waals surface area contributed by atoms with Crippen LogP contribution in [0.2, 0.25) is 0 Å². The molecular weight excluding hydrogens is 330 g/mol. The van der Waals surface area contributed by atoms with Crippen LogP contribution in [0.5, 0.6) is 5.75 Å². The fraction of sp³-hybridized carbons (Fsp3) is 0.235. The Morgan fingerprint density at radius 2 is 1.95 bits per heavy atom. The van der Waals surface area contributed by atoms with Crippen LogP contribution in [0.15, 0.2) is 47.0 Å². The first-order chi connectivity index (χ1) is 10.3. The van der Waals surface area contributed by atoms with Crippen molar-refractivity contribution in [2.24, 2.45) is 0 Å². The highest BCUT2D eigenvalue weighted by Crippen LogP contribution is 2.30. The van der Waals surface area contributed by atoms with Gasteiger partial charge in [-0.25, -0.2) is 0 Å². The van der Waals surface area contributed by atoms with Crippen molar-refractivity contribution in [3.05, 3.63) is 59.3 Å². The molecule has 1 aromatic heterocycles. The van der Waals surface area contributed by atoms with Crippen LogP contribution in [0, 0.1) is 6.92 Å². The Hall–Kier alpha value is -1.81. The van der Waals surface area contributed by atoms with Crippen molar-refractivity contribution in [2.45, 2.75) is 20.0 Å². The lowest BCUT2D eigenvalue weighted by atomic mass is 10.1. The summed E-state index contributed by atoms with van der Waals surface area (Å²) in [6, 6.07) is 14.2. The zero-order valence-corrected chi connectivity index (χ0v) is 13.4. The van der Waals surface area contributed by atoms with Gasteiger partial charge < -0.3 is 9.26 Å². The van der Waals surface area contributed by atoms with E-state index in [-0.39, 0.29) is 0 Å². The lowest BCUT2D eigenvalue weighted by molar-refractivity contribution is 0.310. The normalized spacial score (nSPS) is 11.0. The molecule has 0 N–H and O–H groups in total. The first kappa shape index (κ1) is 14.1. The molecule has 0 spiro atoms. The van der Waals surface area contributed by atoms with Crippen LogP contribution < -0.4 is 4.74 Å². The highest BCUT2D eigenvalue weighted by atomic mass is 79.9. The number of aryl methyl sites for hydroxylation is 2. The molecule has 0 aliphatic rings. The maximum atomic E-state index is 5.98. The average Bonchev–Trinajstić information content (AvgIpc) is 2.91. The summed E-state index contributed by atoms with van der Waals surface area (Å²) in [6.07, 6.45) is 0.817. The molecule has 3 rings (SSSR count). The number of rotatable bonds is 5. The van der Waals surface area contributed by atoms with E-state index in [1.807, 2.05) is 18.2 Å². The Labute approximate surface area is 132 Å². The van der Waals surface area contributed by atoms with Crippen molar-refractivity contribution in [1.29, 1.82) is 0 Å². The predicted octanol–water partition coefficient (Wildman–Crippen LogP) is 4.65. The fourth-order valence-corrected chi connectivity index (χ4v) is 2.62. The van der Waals surface area contributed by atoms with E-state index in [1.165, 1.54) is 5.56 Å². The molecule has 0 saturated carbocycles. The Bertz CT molecular complexity index is 734. The van der Waals surface area contributed by atoms with E-state index in [2.05, 4.69) is 52.3 Å². The minimum Gasteiger partial charge on any atom is -0.488 e. The van der Waals surface area contributed by atoms with Crippen molar-refractivity contribution in [1.82, 2.24) is 5.16 Å². The highest BCUT2D eigenvalue weighted by molar-refractivity contribution is 9.09. The second-order valence-corrected chi connectivity index (χ2v) is 5.76. The van der Waals surface area contributed by atoms with Crippen LogP contribution in [0.4, 0.5) is 0 Å². The lowest BCUT2D eigenvalue weighted by Gasteiger charge is -2.08. The molecule has 3 nitrogen and oxygen atoms in total. The summed E-state index contributed by atoms with van der Waals surface area (Å²) in [4.78, 5) is 0.